The fourth-order valence-electron chi connectivity index (χ4n) is 5.93. The van der Waals surface area contributed by atoms with Gasteiger partial charge in [0.1, 0.15) is 6.07 Å². The van der Waals surface area contributed by atoms with Gasteiger partial charge in [-0.2, -0.15) is 5.26 Å². The minimum atomic E-state index is -0.965. The van der Waals surface area contributed by atoms with Crippen molar-refractivity contribution in [3.8, 4) is 6.07 Å². The largest absolute Gasteiger partial charge is 0.379 e. The van der Waals surface area contributed by atoms with Crippen molar-refractivity contribution in [1.82, 2.24) is 4.90 Å². The van der Waals surface area contributed by atoms with E-state index in [-0.39, 0.29) is 11.6 Å². The van der Waals surface area contributed by atoms with E-state index in [0.29, 0.717) is 5.92 Å². The molecule has 0 unspecified atom stereocenters. The van der Waals surface area contributed by atoms with Crippen molar-refractivity contribution in [3.05, 3.63) is 71.8 Å². The maximum absolute atomic E-state index is 10.6. The summed E-state index contributed by atoms with van der Waals surface area (Å²) in [6, 6.07) is 23.3. The third-order valence-corrected chi connectivity index (χ3v) is 7.01. The lowest BCUT2D eigenvalue weighted by atomic mass is 9.69. The molecular weight excluding hydrogens is 348 g/mol. The molecule has 0 radical (unpaired) electrons. The van der Waals surface area contributed by atoms with Gasteiger partial charge in [-0.15, -0.1) is 0 Å². The van der Waals surface area contributed by atoms with Crippen LogP contribution in [0.15, 0.2) is 60.7 Å². The van der Waals surface area contributed by atoms with E-state index in [9.17, 15) is 5.26 Å². The quantitative estimate of drug-likeness (QED) is 0.813. The summed E-state index contributed by atoms with van der Waals surface area (Å²) in [5.74, 6) is 0.299. The van der Waals surface area contributed by atoms with Crippen LogP contribution in [-0.4, -0.2) is 36.7 Å². The molecule has 28 heavy (non-hydrogen) atoms. The minimum absolute atomic E-state index is 0.0635. The van der Waals surface area contributed by atoms with E-state index in [0.717, 1.165) is 51.1 Å². The molecular formula is C24H26N2O2. The molecule has 4 atom stereocenters. The number of nitriles is 1. The van der Waals surface area contributed by atoms with Crippen molar-refractivity contribution in [2.75, 3.05) is 26.3 Å². The molecule has 0 bridgehead atoms. The van der Waals surface area contributed by atoms with Gasteiger partial charge in [0.15, 0.2) is 5.60 Å². The Labute approximate surface area is 166 Å². The van der Waals surface area contributed by atoms with Crippen molar-refractivity contribution < 1.29 is 9.47 Å². The normalized spacial score (nSPS) is 35.4. The predicted octanol–water partition coefficient (Wildman–Crippen LogP) is 4.05. The fraction of sp³-hybridized carbons (Fsp3) is 0.458. The number of fused-ring (bicyclic) bond motifs is 1. The van der Waals surface area contributed by atoms with E-state index in [1.54, 1.807) is 0 Å². The third kappa shape index (κ3) is 2.40. The molecule has 1 saturated carbocycles. The number of nitrogens with zero attached hydrogens (tertiary/aromatic N) is 2. The second-order valence-electron chi connectivity index (χ2n) is 8.13. The van der Waals surface area contributed by atoms with Gasteiger partial charge in [-0.3, -0.25) is 4.90 Å². The molecule has 2 heterocycles. The zero-order chi connectivity index (χ0) is 19.0. The summed E-state index contributed by atoms with van der Waals surface area (Å²) in [6.45, 7) is 3.16. The minimum Gasteiger partial charge on any atom is -0.379 e. The second kappa shape index (κ2) is 7.00. The first-order chi connectivity index (χ1) is 13.8. The van der Waals surface area contributed by atoms with Gasteiger partial charge in [-0.1, -0.05) is 67.1 Å². The molecule has 0 amide bonds. The van der Waals surface area contributed by atoms with E-state index in [2.05, 4.69) is 47.4 Å². The van der Waals surface area contributed by atoms with E-state index in [1.807, 2.05) is 24.3 Å². The third-order valence-electron chi connectivity index (χ3n) is 7.01. The van der Waals surface area contributed by atoms with Gasteiger partial charge in [0, 0.05) is 24.6 Å². The Balaban J connectivity index is 1.70. The maximum Gasteiger partial charge on any atom is 0.198 e. The van der Waals surface area contributed by atoms with Crippen LogP contribution < -0.4 is 0 Å². The van der Waals surface area contributed by atoms with Crippen molar-refractivity contribution in [2.24, 2.45) is 5.92 Å². The summed E-state index contributed by atoms with van der Waals surface area (Å²) in [6.07, 6.45) is 3.15. The fourth-order valence-corrected chi connectivity index (χ4v) is 5.93. The maximum atomic E-state index is 10.6. The van der Waals surface area contributed by atoms with E-state index in [1.165, 1.54) is 5.56 Å². The van der Waals surface area contributed by atoms with Crippen LogP contribution in [0.3, 0.4) is 0 Å². The van der Waals surface area contributed by atoms with Crippen molar-refractivity contribution in [3.63, 3.8) is 0 Å². The zero-order valence-corrected chi connectivity index (χ0v) is 16.1. The number of morpholine rings is 1. The van der Waals surface area contributed by atoms with Gasteiger partial charge in [0.25, 0.3) is 0 Å². The van der Waals surface area contributed by atoms with Crippen molar-refractivity contribution in [1.29, 1.82) is 5.26 Å². The average molecular weight is 374 g/mol. The molecule has 5 rings (SSSR count). The van der Waals surface area contributed by atoms with Crippen LogP contribution in [0.25, 0.3) is 0 Å². The van der Waals surface area contributed by atoms with Crippen LogP contribution >= 0.6 is 0 Å². The molecule has 2 aromatic rings. The topological polar surface area (TPSA) is 45.5 Å². The predicted molar refractivity (Wildman–Crippen MR) is 106 cm³/mol. The first-order valence-corrected chi connectivity index (χ1v) is 10.3. The molecule has 0 N–H and O–H groups in total. The summed E-state index contributed by atoms with van der Waals surface area (Å²) in [7, 11) is 0. The van der Waals surface area contributed by atoms with Crippen LogP contribution in [-0.2, 0) is 15.1 Å². The van der Waals surface area contributed by atoms with Crippen LogP contribution in [0.4, 0.5) is 0 Å². The first-order valence-electron chi connectivity index (χ1n) is 10.3. The summed E-state index contributed by atoms with van der Waals surface area (Å²) in [5.41, 5.74) is 0.884. The molecule has 4 heteroatoms. The summed E-state index contributed by atoms with van der Waals surface area (Å²) < 4.78 is 12.5. The lowest BCUT2D eigenvalue weighted by molar-refractivity contribution is -0.101. The number of hydrogen-bond acceptors (Lipinski definition) is 4. The van der Waals surface area contributed by atoms with Gasteiger partial charge in [-0.25, -0.2) is 0 Å². The number of ether oxygens (including phenoxy) is 2. The van der Waals surface area contributed by atoms with E-state index < -0.39 is 5.60 Å². The monoisotopic (exact) mass is 374 g/mol. The standard InChI is InChI=1S/C24H26N2O2/c25-18-24(20-10-5-2-6-11-20)23(26-14-16-27-17-15-26)13-7-12-21(23)22(28-24)19-8-3-1-4-9-19/h1-6,8-11,21-22H,7,12-17H2/t21-,22+,23-,24+/m0/s1. The number of hydrogen-bond donors (Lipinski definition) is 0. The molecule has 2 aliphatic heterocycles. The molecule has 3 fully saturated rings. The molecule has 3 aliphatic rings. The Morgan fingerprint density at radius 2 is 1.64 bits per heavy atom. The van der Waals surface area contributed by atoms with Crippen LogP contribution in [0.5, 0.6) is 0 Å². The van der Waals surface area contributed by atoms with Gasteiger partial charge in [-0.05, 0) is 18.4 Å². The highest BCUT2D eigenvalue weighted by molar-refractivity contribution is 5.41. The summed E-state index contributed by atoms with van der Waals surface area (Å²) >= 11 is 0. The van der Waals surface area contributed by atoms with E-state index in [4.69, 9.17) is 9.47 Å². The SMILES string of the molecule is N#C[C@]1(c2ccccc2)O[C@H](c2ccccc2)[C@@H]2CCC[C@]21N1CCOCC1. The van der Waals surface area contributed by atoms with Crippen molar-refractivity contribution >= 4 is 0 Å². The van der Waals surface area contributed by atoms with Crippen LogP contribution in [0.2, 0.25) is 0 Å². The Kier molecular flexibility index (Phi) is 4.47. The molecule has 0 spiro atoms. The summed E-state index contributed by atoms with van der Waals surface area (Å²) in [4.78, 5) is 2.52. The van der Waals surface area contributed by atoms with Crippen LogP contribution in [0.1, 0.15) is 36.5 Å². The molecule has 2 saturated heterocycles. The van der Waals surface area contributed by atoms with Crippen molar-refractivity contribution in [2.45, 2.75) is 36.5 Å². The van der Waals surface area contributed by atoms with Gasteiger partial charge in [0.05, 0.1) is 24.9 Å². The van der Waals surface area contributed by atoms with Gasteiger partial charge >= 0.3 is 0 Å². The molecule has 2 aromatic carbocycles. The Morgan fingerprint density at radius 3 is 2.32 bits per heavy atom. The number of benzene rings is 2. The molecule has 0 aromatic heterocycles. The van der Waals surface area contributed by atoms with Gasteiger partial charge < -0.3 is 9.47 Å². The zero-order valence-electron chi connectivity index (χ0n) is 16.1. The van der Waals surface area contributed by atoms with E-state index >= 15 is 0 Å². The first kappa shape index (κ1) is 17.9. The lowest BCUT2D eigenvalue weighted by Gasteiger charge is -2.49. The number of rotatable bonds is 3. The Morgan fingerprint density at radius 1 is 0.964 bits per heavy atom. The average Bonchev–Trinajstić information content (AvgIpc) is 3.33. The smallest absolute Gasteiger partial charge is 0.198 e. The highest BCUT2D eigenvalue weighted by Crippen LogP contribution is 2.64. The molecule has 1 aliphatic carbocycles. The Hall–Kier alpha value is -2.19. The summed E-state index contributed by atoms with van der Waals surface area (Å²) in [5, 5.41) is 10.6. The van der Waals surface area contributed by atoms with Gasteiger partial charge in [0.2, 0.25) is 0 Å². The highest BCUT2D eigenvalue weighted by Gasteiger charge is 2.70. The molecule has 4 nitrogen and oxygen atoms in total. The molecule has 144 valence electrons. The lowest BCUT2D eigenvalue weighted by Crippen LogP contribution is -2.63. The highest BCUT2D eigenvalue weighted by atomic mass is 16.5. The van der Waals surface area contributed by atoms with Crippen LogP contribution in [0, 0.1) is 17.2 Å². The second-order valence-corrected chi connectivity index (χ2v) is 8.13. The Bertz CT molecular complexity index is 859.